The van der Waals surface area contributed by atoms with E-state index in [1.165, 1.54) is 6.08 Å². The summed E-state index contributed by atoms with van der Waals surface area (Å²) >= 11 is 6.13. The van der Waals surface area contributed by atoms with Crippen LogP contribution < -0.4 is 4.74 Å². The minimum atomic E-state index is -1.12. The molecule has 2 aliphatic rings. The van der Waals surface area contributed by atoms with E-state index in [9.17, 15) is 9.90 Å². The lowest BCUT2D eigenvalue weighted by Crippen LogP contribution is -2.39. The fraction of sp³-hybridized carbons (Fsp3) is 0.400. The molecule has 0 saturated carbocycles. The van der Waals surface area contributed by atoms with E-state index >= 15 is 0 Å². The van der Waals surface area contributed by atoms with Gasteiger partial charge in [0.05, 0.1) is 24.9 Å². The number of benzene rings is 1. The molecule has 10 heteroatoms. The molecule has 1 atom stereocenters. The van der Waals surface area contributed by atoms with Crippen LogP contribution in [0, 0.1) is 6.92 Å². The van der Waals surface area contributed by atoms with Gasteiger partial charge in [-0.1, -0.05) is 36.4 Å². The summed E-state index contributed by atoms with van der Waals surface area (Å²) in [5.41, 5.74) is 2.64. The Kier molecular flexibility index (Phi) is 8.94. The number of halogens is 1. The third-order valence-electron chi connectivity index (χ3n) is 7.25. The van der Waals surface area contributed by atoms with Crippen LogP contribution in [-0.4, -0.2) is 68.1 Å². The van der Waals surface area contributed by atoms with Crippen LogP contribution in [0.15, 0.2) is 60.1 Å². The van der Waals surface area contributed by atoms with Gasteiger partial charge in [-0.3, -0.25) is 4.90 Å². The predicted molar refractivity (Wildman–Crippen MR) is 154 cm³/mol. The SMILES string of the molecule is C=C/C(=N\c1c(C)nc(CN2CCC(Oc3cccc(Cc4cccc(Cl)c4)n3)CC2)n1CC1CCO1)C(=O)O. The number of hydrogen-bond donors (Lipinski definition) is 1. The number of carbonyl (C=O) groups is 1. The summed E-state index contributed by atoms with van der Waals surface area (Å²) in [5.74, 6) is 0.929. The van der Waals surface area contributed by atoms with E-state index in [1.54, 1.807) is 0 Å². The Morgan fingerprint density at radius 3 is 2.67 bits per heavy atom. The first-order valence-corrected chi connectivity index (χ1v) is 14.0. The third-order valence-corrected chi connectivity index (χ3v) is 7.48. The van der Waals surface area contributed by atoms with Gasteiger partial charge in [-0.2, -0.15) is 0 Å². The molecular weight excluding hydrogens is 530 g/mol. The summed E-state index contributed by atoms with van der Waals surface area (Å²) in [6, 6.07) is 13.7. The van der Waals surface area contributed by atoms with Gasteiger partial charge in [-0.05, 0) is 56.0 Å². The van der Waals surface area contributed by atoms with Gasteiger partial charge in [0.2, 0.25) is 5.88 Å². The third kappa shape index (κ3) is 6.96. The Bertz CT molecular complexity index is 1390. The van der Waals surface area contributed by atoms with Crippen molar-refractivity contribution in [1.29, 1.82) is 0 Å². The number of ether oxygens (including phenoxy) is 2. The smallest absolute Gasteiger partial charge is 0.354 e. The number of aliphatic carboxylic acids is 1. The van der Waals surface area contributed by atoms with Gasteiger partial charge in [0.25, 0.3) is 0 Å². The van der Waals surface area contributed by atoms with Crippen LogP contribution in [0.1, 0.15) is 42.0 Å². The van der Waals surface area contributed by atoms with Crippen molar-refractivity contribution in [3.05, 3.63) is 82.9 Å². The molecule has 1 N–H and O–H groups in total. The highest BCUT2D eigenvalue weighted by Gasteiger charge is 2.27. The Morgan fingerprint density at radius 2 is 2.00 bits per heavy atom. The zero-order valence-electron chi connectivity index (χ0n) is 22.6. The molecule has 2 aliphatic heterocycles. The second-order valence-corrected chi connectivity index (χ2v) is 10.6. The molecule has 3 aromatic rings. The lowest BCUT2D eigenvalue weighted by atomic mass is 10.1. The van der Waals surface area contributed by atoms with Gasteiger partial charge < -0.3 is 19.1 Å². The average Bonchev–Trinajstić information content (AvgIpc) is 3.19. The number of nitrogens with zero attached hydrogens (tertiary/aromatic N) is 5. The normalized spacial score (nSPS) is 18.4. The molecule has 210 valence electrons. The van der Waals surface area contributed by atoms with Crippen molar-refractivity contribution < 1.29 is 19.4 Å². The topological polar surface area (TPSA) is 102 Å². The number of imidazole rings is 1. The Morgan fingerprint density at radius 1 is 1.23 bits per heavy atom. The second kappa shape index (κ2) is 12.8. The van der Waals surface area contributed by atoms with Crippen LogP contribution in [-0.2, 0) is 29.0 Å². The van der Waals surface area contributed by atoms with Crippen molar-refractivity contribution in [3.63, 3.8) is 0 Å². The number of aromatic nitrogens is 3. The Hall–Kier alpha value is -3.53. The van der Waals surface area contributed by atoms with Crippen molar-refractivity contribution in [3.8, 4) is 5.88 Å². The average molecular weight is 564 g/mol. The molecule has 2 aromatic heterocycles. The van der Waals surface area contributed by atoms with Crippen LogP contribution in [0.25, 0.3) is 0 Å². The summed E-state index contributed by atoms with van der Waals surface area (Å²) in [5, 5.41) is 10.2. The first-order valence-electron chi connectivity index (χ1n) is 13.6. The monoisotopic (exact) mass is 563 g/mol. The number of carboxylic acid groups (broad SMARTS) is 1. The lowest BCUT2D eigenvalue weighted by molar-refractivity contribution is -0.129. The molecule has 1 unspecified atom stereocenters. The van der Waals surface area contributed by atoms with Gasteiger partial charge in [0.15, 0.2) is 5.82 Å². The van der Waals surface area contributed by atoms with Gasteiger partial charge in [0, 0.05) is 42.9 Å². The molecule has 2 saturated heterocycles. The number of aryl methyl sites for hydroxylation is 1. The fourth-order valence-electron chi connectivity index (χ4n) is 5.04. The number of piperidine rings is 1. The van der Waals surface area contributed by atoms with Gasteiger partial charge >= 0.3 is 5.97 Å². The van der Waals surface area contributed by atoms with Crippen LogP contribution in [0.5, 0.6) is 5.88 Å². The highest BCUT2D eigenvalue weighted by atomic mass is 35.5. The molecule has 0 bridgehead atoms. The Labute approximate surface area is 239 Å². The van der Waals surface area contributed by atoms with Gasteiger partial charge in [0.1, 0.15) is 17.6 Å². The minimum Gasteiger partial charge on any atom is -0.477 e. The van der Waals surface area contributed by atoms with Crippen molar-refractivity contribution in [2.75, 3.05) is 19.7 Å². The molecule has 0 amide bonds. The highest BCUT2D eigenvalue weighted by molar-refractivity contribution is 6.40. The first-order chi connectivity index (χ1) is 19.4. The molecule has 2 fully saturated rings. The molecule has 0 spiro atoms. The molecule has 4 heterocycles. The maximum absolute atomic E-state index is 11.6. The number of aliphatic imine (C=N–C) groups is 1. The lowest BCUT2D eigenvalue weighted by Gasteiger charge is -2.32. The zero-order valence-corrected chi connectivity index (χ0v) is 23.4. The standard InChI is InChI=1S/C30H34ClN5O4/c1-3-26(30(37)38)34-29-20(2)32-27(36(29)18-25-12-15-39-25)19-35-13-10-24(11-14-35)40-28-9-5-8-23(33-28)17-21-6-4-7-22(31)16-21/h3-9,16,24-25H,1,10-15,17-19H2,2H3,(H,37,38)/b34-26+. The van der Waals surface area contributed by atoms with Crippen LogP contribution in [0.2, 0.25) is 5.02 Å². The maximum atomic E-state index is 11.6. The maximum Gasteiger partial charge on any atom is 0.354 e. The molecule has 5 rings (SSSR count). The van der Waals surface area contributed by atoms with Crippen LogP contribution >= 0.6 is 11.6 Å². The molecular formula is C30H34ClN5O4. The number of hydrogen-bond acceptors (Lipinski definition) is 7. The number of likely N-dealkylation sites (tertiary alicyclic amines) is 1. The van der Waals surface area contributed by atoms with Crippen LogP contribution in [0.3, 0.4) is 0 Å². The van der Waals surface area contributed by atoms with E-state index in [0.29, 0.717) is 36.9 Å². The fourth-order valence-corrected chi connectivity index (χ4v) is 5.25. The molecule has 1 aromatic carbocycles. The van der Waals surface area contributed by atoms with Crippen molar-refractivity contribution in [2.24, 2.45) is 4.99 Å². The second-order valence-electron chi connectivity index (χ2n) is 10.2. The quantitative estimate of drug-likeness (QED) is 0.327. The number of carboxylic acids is 1. The van der Waals surface area contributed by atoms with Crippen molar-refractivity contribution >= 4 is 29.1 Å². The highest BCUT2D eigenvalue weighted by Crippen LogP contribution is 2.27. The van der Waals surface area contributed by atoms with E-state index in [1.807, 2.05) is 54.0 Å². The van der Waals surface area contributed by atoms with E-state index in [2.05, 4.69) is 16.5 Å². The van der Waals surface area contributed by atoms with Crippen molar-refractivity contribution in [1.82, 2.24) is 19.4 Å². The number of rotatable bonds is 11. The minimum absolute atomic E-state index is 0.0830. The largest absolute Gasteiger partial charge is 0.477 e. The molecule has 40 heavy (non-hydrogen) atoms. The summed E-state index contributed by atoms with van der Waals surface area (Å²) in [4.78, 5) is 27.8. The summed E-state index contributed by atoms with van der Waals surface area (Å²) in [6.45, 7) is 9.13. The predicted octanol–water partition coefficient (Wildman–Crippen LogP) is 5.01. The Balaban J connectivity index is 1.21. The summed E-state index contributed by atoms with van der Waals surface area (Å²) < 4.78 is 13.9. The number of pyridine rings is 1. The van der Waals surface area contributed by atoms with Gasteiger partial charge in [-0.15, -0.1) is 0 Å². The van der Waals surface area contributed by atoms with E-state index in [-0.39, 0.29) is 17.9 Å². The summed E-state index contributed by atoms with van der Waals surface area (Å²) in [6.07, 6.45) is 4.82. The first kappa shape index (κ1) is 28.0. The molecule has 9 nitrogen and oxygen atoms in total. The van der Waals surface area contributed by atoms with Crippen LogP contribution in [0.4, 0.5) is 5.82 Å². The van der Waals surface area contributed by atoms with E-state index < -0.39 is 5.97 Å². The zero-order chi connectivity index (χ0) is 28.1. The molecule has 0 aliphatic carbocycles. The van der Waals surface area contributed by atoms with Crippen molar-refractivity contribution in [2.45, 2.75) is 57.9 Å². The summed E-state index contributed by atoms with van der Waals surface area (Å²) in [7, 11) is 0. The van der Waals surface area contributed by atoms with Gasteiger partial charge in [-0.25, -0.2) is 19.8 Å². The van der Waals surface area contributed by atoms with E-state index in [0.717, 1.165) is 61.1 Å². The van der Waals surface area contributed by atoms with E-state index in [4.69, 9.17) is 31.0 Å². The molecule has 0 radical (unpaired) electrons.